The molecule has 0 amide bonds. The molecule has 3 aromatic heterocycles. The van der Waals surface area contributed by atoms with Gasteiger partial charge < -0.3 is 0 Å². The molecule has 3 aromatic rings. The number of hydrogen-bond donors (Lipinski definition) is 0. The second kappa shape index (κ2) is 4.16. The van der Waals surface area contributed by atoms with Crippen molar-refractivity contribution in [1.29, 1.82) is 0 Å². The predicted octanol–water partition coefficient (Wildman–Crippen LogP) is 3.46. The lowest BCUT2D eigenvalue weighted by Gasteiger charge is -2.07. The van der Waals surface area contributed by atoms with Crippen molar-refractivity contribution in [3.8, 4) is 11.4 Å². The van der Waals surface area contributed by atoms with Gasteiger partial charge in [0.15, 0.2) is 0 Å². The molecule has 0 atom stereocenters. The Morgan fingerprint density at radius 2 is 1.89 bits per heavy atom. The van der Waals surface area contributed by atoms with Crippen molar-refractivity contribution < 1.29 is 4.39 Å². The first-order valence-electron chi connectivity index (χ1n) is 6.14. The molecule has 0 spiro atoms. The number of aromatic nitrogens is 3. The third-order valence-electron chi connectivity index (χ3n) is 3.19. The van der Waals surface area contributed by atoms with Crippen LogP contribution in [0.15, 0.2) is 30.5 Å². The van der Waals surface area contributed by atoms with E-state index in [1.54, 1.807) is 6.07 Å². The molecular formula is C15H14FN3. The van der Waals surface area contributed by atoms with E-state index in [4.69, 9.17) is 0 Å². The van der Waals surface area contributed by atoms with E-state index in [1.807, 2.05) is 26.8 Å². The summed E-state index contributed by atoms with van der Waals surface area (Å²) < 4.78 is 15.0. The minimum Gasteiger partial charge on any atom is -0.295 e. The molecule has 0 radical (unpaired) electrons. The maximum absolute atomic E-state index is 13.0. The van der Waals surface area contributed by atoms with Crippen LogP contribution >= 0.6 is 0 Å². The van der Waals surface area contributed by atoms with Crippen molar-refractivity contribution in [1.82, 2.24) is 14.4 Å². The molecule has 0 saturated heterocycles. The fourth-order valence-corrected chi connectivity index (χ4v) is 2.46. The normalized spacial score (nSPS) is 11.2. The minimum atomic E-state index is -0.331. The van der Waals surface area contributed by atoms with Crippen molar-refractivity contribution in [2.24, 2.45) is 0 Å². The van der Waals surface area contributed by atoms with Gasteiger partial charge >= 0.3 is 0 Å². The zero-order valence-corrected chi connectivity index (χ0v) is 11.1. The van der Waals surface area contributed by atoms with E-state index in [0.29, 0.717) is 0 Å². The summed E-state index contributed by atoms with van der Waals surface area (Å²) in [6.45, 7) is 6.03. The molecule has 0 aromatic carbocycles. The Kier molecular flexibility index (Phi) is 2.59. The highest BCUT2D eigenvalue weighted by molar-refractivity contribution is 5.65. The summed E-state index contributed by atoms with van der Waals surface area (Å²) in [6, 6.07) is 7.24. The average Bonchev–Trinajstić information content (AvgIpc) is 2.66. The first kappa shape index (κ1) is 11.8. The number of nitrogens with zero attached hydrogens (tertiary/aromatic N) is 3. The molecule has 0 N–H and O–H groups in total. The highest BCUT2D eigenvalue weighted by Gasteiger charge is 2.14. The van der Waals surface area contributed by atoms with Gasteiger partial charge in [0.05, 0.1) is 23.3 Å². The van der Waals surface area contributed by atoms with Gasteiger partial charge in [0.25, 0.3) is 0 Å². The summed E-state index contributed by atoms with van der Waals surface area (Å²) >= 11 is 0. The summed E-state index contributed by atoms with van der Waals surface area (Å²) in [4.78, 5) is 8.72. The van der Waals surface area contributed by atoms with Crippen molar-refractivity contribution in [2.45, 2.75) is 20.8 Å². The molecule has 4 heteroatoms. The monoisotopic (exact) mass is 255 g/mol. The SMILES string of the molecule is Cc1cc(C)n2c(-c3ccc(F)cn3)c(C)nc2c1. The molecule has 0 unspecified atom stereocenters. The van der Waals surface area contributed by atoms with Gasteiger partial charge in [0, 0.05) is 5.69 Å². The van der Waals surface area contributed by atoms with Crippen molar-refractivity contribution in [3.63, 3.8) is 0 Å². The molecule has 0 fully saturated rings. The van der Waals surface area contributed by atoms with Crippen LogP contribution in [0.4, 0.5) is 4.39 Å². The zero-order valence-electron chi connectivity index (χ0n) is 11.1. The van der Waals surface area contributed by atoms with E-state index < -0.39 is 0 Å². The van der Waals surface area contributed by atoms with Crippen LogP contribution in [0.2, 0.25) is 0 Å². The molecule has 0 aliphatic rings. The Morgan fingerprint density at radius 1 is 1.11 bits per heavy atom. The van der Waals surface area contributed by atoms with Crippen LogP contribution in [0.5, 0.6) is 0 Å². The van der Waals surface area contributed by atoms with Crippen LogP contribution in [0.25, 0.3) is 17.0 Å². The fraction of sp³-hybridized carbons (Fsp3) is 0.200. The standard InChI is InChI=1S/C15H14FN3/c1-9-6-10(2)19-14(7-9)18-11(3)15(19)13-5-4-12(16)8-17-13/h4-8H,1-3H3. The van der Waals surface area contributed by atoms with Crippen LogP contribution in [-0.4, -0.2) is 14.4 Å². The second-order valence-electron chi connectivity index (χ2n) is 4.78. The van der Waals surface area contributed by atoms with Gasteiger partial charge in [-0.3, -0.25) is 9.38 Å². The Labute approximate surface area is 110 Å². The molecule has 0 aliphatic carbocycles. The zero-order chi connectivity index (χ0) is 13.6. The lowest BCUT2D eigenvalue weighted by molar-refractivity contribution is 0.621. The Bertz CT molecular complexity index is 757. The van der Waals surface area contributed by atoms with Crippen molar-refractivity contribution >= 4 is 5.65 Å². The van der Waals surface area contributed by atoms with Crippen molar-refractivity contribution in [3.05, 3.63) is 53.2 Å². The van der Waals surface area contributed by atoms with Gasteiger partial charge in [0.2, 0.25) is 0 Å². The van der Waals surface area contributed by atoms with Gasteiger partial charge in [-0.05, 0) is 50.6 Å². The molecule has 3 nitrogen and oxygen atoms in total. The summed E-state index contributed by atoms with van der Waals surface area (Å²) in [5.41, 5.74) is 5.72. The van der Waals surface area contributed by atoms with E-state index in [1.165, 1.54) is 17.8 Å². The van der Waals surface area contributed by atoms with Crippen LogP contribution in [0.3, 0.4) is 0 Å². The van der Waals surface area contributed by atoms with Gasteiger partial charge in [0.1, 0.15) is 11.5 Å². The Balaban J connectivity index is 2.34. The quantitative estimate of drug-likeness (QED) is 0.666. The Morgan fingerprint density at radius 3 is 2.58 bits per heavy atom. The number of halogens is 1. The highest BCUT2D eigenvalue weighted by Crippen LogP contribution is 2.25. The third kappa shape index (κ3) is 1.89. The highest BCUT2D eigenvalue weighted by atomic mass is 19.1. The molecule has 0 bridgehead atoms. The summed E-state index contributed by atoms with van der Waals surface area (Å²) in [7, 11) is 0. The van der Waals surface area contributed by atoms with E-state index in [2.05, 4.69) is 20.4 Å². The number of rotatable bonds is 1. The first-order valence-corrected chi connectivity index (χ1v) is 6.14. The maximum atomic E-state index is 13.0. The van der Waals surface area contributed by atoms with Crippen LogP contribution < -0.4 is 0 Å². The number of imidazole rings is 1. The molecular weight excluding hydrogens is 241 g/mol. The molecule has 3 rings (SSSR count). The molecule has 0 aliphatic heterocycles. The molecule has 0 saturated carbocycles. The van der Waals surface area contributed by atoms with E-state index >= 15 is 0 Å². The predicted molar refractivity (Wildman–Crippen MR) is 72.6 cm³/mol. The van der Waals surface area contributed by atoms with Gasteiger partial charge in [-0.2, -0.15) is 0 Å². The van der Waals surface area contributed by atoms with Crippen LogP contribution in [0.1, 0.15) is 17.0 Å². The van der Waals surface area contributed by atoms with Crippen LogP contribution in [0, 0.1) is 26.6 Å². The van der Waals surface area contributed by atoms with E-state index in [-0.39, 0.29) is 5.82 Å². The van der Waals surface area contributed by atoms with E-state index in [9.17, 15) is 4.39 Å². The maximum Gasteiger partial charge on any atom is 0.141 e. The first-order chi connectivity index (χ1) is 9.06. The Hall–Kier alpha value is -2.23. The minimum absolute atomic E-state index is 0.331. The second-order valence-corrected chi connectivity index (χ2v) is 4.78. The van der Waals surface area contributed by atoms with E-state index in [0.717, 1.165) is 28.4 Å². The summed E-state index contributed by atoms with van der Waals surface area (Å²) in [5.74, 6) is -0.331. The molecule has 19 heavy (non-hydrogen) atoms. The number of fused-ring (bicyclic) bond motifs is 1. The molecule has 3 heterocycles. The topological polar surface area (TPSA) is 30.2 Å². The lowest BCUT2D eigenvalue weighted by Crippen LogP contribution is -1.97. The molecule has 96 valence electrons. The smallest absolute Gasteiger partial charge is 0.141 e. The van der Waals surface area contributed by atoms with Crippen molar-refractivity contribution in [2.75, 3.05) is 0 Å². The van der Waals surface area contributed by atoms with Gasteiger partial charge in [-0.25, -0.2) is 9.37 Å². The fourth-order valence-electron chi connectivity index (χ4n) is 2.46. The van der Waals surface area contributed by atoms with Gasteiger partial charge in [-0.15, -0.1) is 0 Å². The summed E-state index contributed by atoms with van der Waals surface area (Å²) in [6.07, 6.45) is 1.23. The average molecular weight is 255 g/mol. The third-order valence-corrected chi connectivity index (χ3v) is 3.19. The van der Waals surface area contributed by atoms with Crippen LogP contribution in [-0.2, 0) is 0 Å². The largest absolute Gasteiger partial charge is 0.295 e. The number of pyridine rings is 2. The van der Waals surface area contributed by atoms with Gasteiger partial charge in [-0.1, -0.05) is 0 Å². The number of hydrogen-bond acceptors (Lipinski definition) is 2. The number of aryl methyl sites for hydroxylation is 3. The lowest BCUT2D eigenvalue weighted by atomic mass is 10.2. The summed E-state index contributed by atoms with van der Waals surface area (Å²) in [5, 5.41) is 0.